The van der Waals surface area contributed by atoms with Crippen LogP contribution < -0.4 is 10.3 Å². The fourth-order valence-electron chi connectivity index (χ4n) is 4.99. The Bertz CT molecular complexity index is 1820. The zero-order chi connectivity index (χ0) is 28.0. The molecule has 0 fully saturated rings. The number of halogens is 1. The van der Waals surface area contributed by atoms with Crippen molar-refractivity contribution in [1.82, 2.24) is 24.6 Å². The highest BCUT2D eigenvalue weighted by molar-refractivity contribution is 7.18. The molecule has 0 atom stereocenters. The number of ether oxygens (including phenoxy) is 1. The summed E-state index contributed by atoms with van der Waals surface area (Å²) < 4.78 is 23.3. The van der Waals surface area contributed by atoms with Gasteiger partial charge in [-0.15, -0.1) is 11.3 Å². The van der Waals surface area contributed by atoms with Crippen molar-refractivity contribution in [2.45, 2.75) is 33.0 Å². The number of aromatic amines is 1. The number of H-pyrrole nitrogens is 1. The Morgan fingerprint density at radius 3 is 2.77 bits per heavy atom. The van der Waals surface area contributed by atoms with Crippen molar-refractivity contribution in [3.8, 4) is 39.5 Å². The van der Waals surface area contributed by atoms with Crippen LogP contribution in [0.5, 0.6) is 5.75 Å². The van der Waals surface area contributed by atoms with E-state index in [2.05, 4.69) is 11.6 Å². The first-order valence-corrected chi connectivity index (χ1v) is 13.8. The lowest BCUT2D eigenvalue weighted by Gasteiger charge is -2.26. The van der Waals surface area contributed by atoms with Crippen LogP contribution in [0.15, 0.2) is 71.5 Å². The Hall–Kier alpha value is -4.57. The molecule has 0 spiro atoms. The van der Waals surface area contributed by atoms with E-state index in [0.29, 0.717) is 48.0 Å². The molecule has 10 heteroatoms. The number of carbonyl (C=O) groups excluding carboxylic acids is 1. The molecule has 1 aromatic carbocycles. The van der Waals surface area contributed by atoms with Gasteiger partial charge in [-0.2, -0.15) is 5.10 Å². The van der Waals surface area contributed by atoms with E-state index in [0.717, 1.165) is 26.9 Å². The van der Waals surface area contributed by atoms with Crippen LogP contribution >= 0.6 is 11.3 Å². The number of hydrogen-bond donors (Lipinski definition) is 1. The Kier molecular flexibility index (Phi) is 6.55. The molecule has 0 radical (unpaired) electrons. The summed E-state index contributed by atoms with van der Waals surface area (Å²) >= 11 is 1.54. The van der Waals surface area contributed by atoms with Gasteiger partial charge in [-0.3, -0.25) is 14.3 Å². The maximum atomic E-state index is 14.4. The van der Waals surface area contributed by atoms with E-state index in [1.165, 1.54) is 24.3 Å². The molecule has 0 aliphatic carbocycles. The summed E-state index contributed by atoms with van der Waals surface area (Å²) in [6.45, 7) is 8.87. The summed E-state index contributed by atoms with van der Waals surface area (Å²) in [6.07, 6.45) is 2.79. The van der Waals surface area contributed by atoms with E-state index in [4.69, 9.17) is 14.8 Å². The van der Waals surface area contributed by atoms with Crippen molar-refractivity contribution in [1.29, 1.82) is 0 Å². The van der Waals surface area contributed by atoms with E-state index < -0.39 is 5.82 Å². The van der Waals surface area contributed by atoms with Crippen LogP contribution in [0.2, 0.25) is 0 Å². The topological polar surface area (TPSA) is 93.1 Å². The maximum absolute atomic E-state index is 14.4. The zero-order valence-electron chi connectivity index (χ0n) is 22.0. The molecule has 40 heavy (non-hydrogen) atoms. The van der Waals surface area contributed by atoms with Gasteiger partial charge in [0.2, 0.25) is 11.5 Å². The van der Waals surface area contributed by atoms with Crippen LogP contribution in [0.3, 0.4) is 0 Å². The Morgan fingerprint density at radius 2 is 2.02 bits per heavy atom. The normalized spacial score (nSPS) is 13.1. The van der Waals surface area contributed by atoms with Gasteiger partial charge in [0.1, 0.15) is 23.0 Å². The predicted octanol–water partition coefficient (Wildman–Crippen LogP) is 5.64. The summed E-state index contributed by atoms with van der Waals surface area (Å²) in [7, 11) is 0. The van der Waals surface area contributed by atoms with Gasteiger partial charge in [0.25, 0.3) is 0 Å². The van der Waals surface area contributed by atoms with Gasteiger partial charge >= 0.3 is 0 Å². The molecule has 0 bridgehead atoms. The first-order chi connectivity index (χ1) is 19.3. The zero-order valence-corrected chi connectivity index (χ0v) is 22.8. The molecule has 4 aromatic heterocycles. The predicted molar refractivity (Wildman–Crippen MR) is 154 cm³/mol. The highest BCUT2D eigenvalue weighted by atomic mass is 32.1. The van der Waals surface area contributed by atoms with E-state index in [1.807, 2.05) is 36.0 Å². The minimum Gasteiger partial charge on any atom is -0.490 e. The largest absolute Gasteiger partial charge is 0.490 e. The Morgan fingerprint density at radius 1 is 1.18 bits per heavy atom. The van der Waals surface area contributed by atoms with Gasteiger partial charge in [0, 0.05) is 51.7 Å². The lowest BCUT2D eigenvalue weighted by atomic mass is 9.97. The number of fused-ring (bicyclic) bond motifs is 2. The quantitative estimate of drug-likeness (QED) is 0.274. The third-order valence-electron chi connectivity index (χ3n) is 6.77. The van der Waals surface area contributed by atoms with Gasteiger partial charge in [0.05, 0.1) is 30.6 Å². The third kappa shape index (κ3) is 4.60. The number of amides is 1. The number of thiophene rings is 1. The van der Waals surface area contributed by atoms with Crippen LogP contribution in [0.1, 0.15) is 19.5 Å². The van der Waals surface area contributed by atoms with Crippen LogP contribution in [0, 0.1) is 5.82 Å². The molecular weight excluding hydrogens is 529 g/mol. The first kappa shape index (κ1) is 25.7. The summed E-state index contributed by atoms with van der Waals surface area (Å²) in [5, 5.41) is 7.77. The summed E-state index contributed by atoms with van der Waals surface area (Å²) in [4.78, 5) is 33.7. The van der Waals surface area contributed by atoms with Gasteiger partial charge in [-0.25, -0.2) is 9.37 Å². The van der Waals surface area contributed by atoms with E-state index in [1.54, 1.807) is 34.6 Å². The van der Waals surface area contributed by atoms with Gasteiger partial charge in [-0.1, -0.05) is 6.58 Å². The van der Waals surface area contributed by atoms with Gasteiger partial charge in [0.15, 0.2) is 0 Å². The highest BCUT2D eigenvalue weighted by Crippen LogP contribution is 2.46. The second kappa shape index (κ2) is 10.2. The highest BCUT2D eigenvalue weighted by Gasteiger charge is 2.26. The maximum Gasteiger partial charge on any atom is 0.247 e. The molecule has 0 saturated carbocycles. The smallest absolute Gasteiger partial charge is 0.247 e. The monoisotopic (exact) mass is 555 g/mol. The minimum atomic E-state index is -0.398. The Labute approximate surface area is 233 Å². The van der Waals surface area contributed by atoms with Crippen LogP contribution in [0.25, 0.3) is 43.9 Å². The number of nitrogens with one attached hydrogen (secondary N) is 1. The average molecular weight is 556 g/mol. The van der Waals surface area contributed by atoms with Crippen LogP contribution in [-0.2, 0) is 17.9 Å². The third-order valence-corrected chi connectivity index (χ3v) is 7.70. The molecule has 1 aliphatic heterocycles. The van der Waals surface area contributed by atoms with Crippen molar-refractivity contribution in [3.05, 3.63) is 88.6 Å². The molecule has 1 aliphatic rings. The lowest BCUT2D eigenvalue weighted by Crippen LogP contribution is -2.37. The van der Waals surface area contributed by atoms with Crippen molar-refractivity contribution in [2.24, 2.45) is 0 Å². The fraction of sp³-hybridized carbons (Fsp3) is 0.200. The molecule has 6 rings (SSSR count). The number of pyridine rings is 2. The van der Waals surface area contributed by atoms with Crippen LogP contribution in [0.4, 0.5) is 4.39 Å². The van der Waals surface area contributed by atoms with Crippen molar-refractivity contribution >= 4 is 27.3 Å². The fourth-order valence-corrected chi connectivity index (χ4v) is 5.95. The first-order valence-electron chi connectivity index (χ1n) is 12.9. The SMILES string of the molecule is C=CC(=O)N1CCn2nc(-c3nc(-c4ccc(=O)[nH]c4)c4ccsc4c3-c3ccc(F)cc3OC(C)C)cc2C1. The summed E-state index contributed by atoms with van der Waals surface area (Å²) in [5.74, 6) is -0.114. The number of nitrogens with zero attached hydrogens (tertiary/aromatic N) is 4. The van der Waals surface area contributed by atoms with E-state index in [-0.39, 0.29) is 17.6 Å². The molecule has 1 N–H and O–H groups in total. The van der Waals surface area contributed by atoms with Crippen LogP contribution in [-0.4, -0.2) is 43.2 Å². The second-order valence-electron chi connectivity index (χ2n) is 9.80. The number of aromatic nitrogens is 4. The van der Waals surface area contributed by atoms with Crippen molar-refractivity contribution < 1.29 is 13.9 Å². The number of hydrogen-bond acceptors (Lipinski definition) is 6. The van der Waals surface area contributed by atoms with E-state index in [9.17, 15) is 14.0 Å². The molecule has 8 nitrogen and oxygen atoms in total. The van der Waals surface area contributed by atoms with Gasteiger partial charge < -0.3 is 14.6 Å². The average Bonchev–Trinajstić information content (AvgIpc) is 3.59. The second-order valence-corrected chi connectivity index (χ2v) is 10.7. The molecule has 202 valence electrons. The molecule has 5 aromatic rings. The summed E-state index contributed by atoms with van der Waals surface area (Å²) in [6, 6.07) is 11.7. The number of carbonyl (C=O) groups is 1. The molecular formula is C30H26FN5O3S. The number of rotatable bonds is 6. The van der Waals surface area contributed by atoms with E-state index >= 15 is 0 Å². The summed E-state index contributed by atoms with van der Waals surface area (Å²) in [5.41, 5.74) is 4.81. The van der Waals surface area contributed by atoms with Gasteiger partial charge in [-0.05, 0) is 55.6 Å². The van der Waals surface area contributed by atoms with Crippen molar-refractivity contribution in [3.63, 3.8) is 0 Å². The standard InChI is InChI=1S/C30H26FN5O3S/c1-4-26(38)35-10-11-36-20(16-35)14-23(34-36)29-27(21-7-6-19(31)13-24(21)39-17(2)3)30-22(9-12-40-30)28(33-29)18-5-8-25(37)32-15-18/h4-9,12-15,17H,1,10-11,16H2,2-3H3,(H,32,37). The molecule has 0 unspecified atom stereocenters. The molecule has 1 amide bonds. The number of benzene rings is 1. The van der Waals surface area contributed by atoms with Crippen molar-refractivity contribution in [2.75, 3.05) is 6.54 Å². The Balaban J connectivity index is 1.62. The minimum absolute atomic E-state index is 0.130. The lowest BCUT2D eigenvalue weighted by molar-refractivity contribution is -0.127. The molecule has 0 saturated heterocycles. The molecule has 5 heterocycles.